The fraction of sp³-hybridized carbons (Fsp3) is 0.333. The van der Waals surface area contributed by atoms with Gasteiger partial charge in [0.05, 0.1) is 12.3 Å². The predicted octanol–water partition coefficient (Wildman–Crippen LogP) is 1.40. The highest BCUT2D eigenvalue weighted by atomic mass is 16.5. The van der Waals surface area contributed by atoms with Crippen LogP contribution in [-0.4, -0.2) is 32.3 Å². The zero-order valence-corrected chi connectivity index (χ0v) is 10.3. The molecule has 0 N–H and O–H groups in total. The third-order valence-electron chi connectivity index (χ3n) is 2.38. The van der Waals surface area contributed by atoms with E-state index in [-0.39, 0.29) is 5.97 Å². The molecule has 0 aliphatic rings. The third kappa shape index (κ3) is 2.37. The molecule has 94 valence electrons. The molecule has 2 aromatic heterocycles. The Morgan fingerprint density at radius 2 is 2.06 bits per heavy atom. The van der Waals surface area contributed by atoms with Crippen molar-refractivity contribution in [3.05, 3.63) is 35.9 Å². The maximum Gasteiger partial charge on any atom is 0.341 e. The van der Waals surface area contributed by atoms with E-state index in [9.17, 15) is 4.79 Å². The van der Waals surface area contributed by atoms with Gasteiger partial charge in [-0.25, -0.2) is 19.4 Å². The number of aromatic nitrogens is 4. The zero-order valence-electron chi connectivity index (χ0n) is 10.3. The van der Waals surface area contributed by atoms with Crippen molar-refractivity contribution >= 4 is 5.97 Å². The normalized spacial score (nSPS) is 10.3. The summed E-state index contributed by atoms with van der Waals surface area (Å²) in [7, 11) is 0. The topological polar surface area (TPSA) is 69.9 Å². The molecule has 0 aliphatic heterocycles. The molecule has 6 heteroatoms. The molecule has 2 aromatic rings. The third-order valence-corrected chi connectivity index (χ3v) is 2.38. The van der Waals surface area contributed by atoms with Crippen LogP contribution in [0, 0.1) is 0 Å². The molecular formula is C12H14N4O2. The van der Waals surface area contributed by atoms with Gasteiger partial charge in [-0.3, -0.25) is 0 Å². The fourth-order valence-corrected chi connectivity index (χ4v) is 1.56. The Morgan fingerprint density at radius 1 is 1.33 bits per heavy atom. The Balaban J connectivity index is 2.38. The van der Waals surface area contributed by atoms with Crippen molar-refractivity contribution in [2.75, 3.05) is 6.61 Å². The number of nitrogens with zero attached hydrogens (tertiary/aromatic N) is 4. The summed E-state index contributed by atoms with van der Waals surface area (Å²) in [6.07, 6.45) is 5.50. The van der Waals surface area contributed by atoms with E-state index in [1.54, 1.807) is 31.6 Å². The first-order valence-corrected chi connectivity index (χ1v) is 5.79. The van der Waals surface area contributed by atoms with Crippen LogP contribution in [0.5, 0.6) is 0 Å². The van der Waals surface area contributed by atoms with Crippen molar-refractivity contribution < 1.29 is 9.53 Å². The molecule has 0 atom stereocenters. The zero-order chi connectivity index (χ0) is 13.0. The number of aryl methyl sites for hydroxylation is 1. The number of hydrogen-bond donors (Lipinski definition) is 0. The highest BCUT2D eigenvalue weighted by Gasteiger charge is 2.17. The van der Waals surface area contributed by atoms with Crippen LogP contribution in [-0.2, 0) is 11.2 Å². The van der Waals surface area contributed by atoms with Crippen molar-refractivity contribution in [1.29, 1.82) is 0 Å². The molecule has 6 nitrogen and oxygen atoms in total. The number of ether oxygens (including phenoxy) is 1. The van der Waals surface area contributed by atoms with Crippen LogP contribution in [0.3, 0.4) is 0 Å². The molecule has 0 aromatic carbocycles. The summed E-state index contributed by atoms with van der Waals surface area (Å²) in [5.74, 6) is 0.0688. The van der Waals surface area contributed by atoms with E-state index in [1.165, 1.54) is 4.68 Å². The summed E-state index contributed by atoms with van der Waals surface area (Å²) in [6, 6.07) is 1.72. The highest BCUT2D eigenvalue weighted by Crippen LogP contribution is 2.11. The molecule has 2 rings (SSSR count). The number of esters is 1. The summed E-state index contributed by atoms with van der Waals surface area (Å²) >= 11 is 0. The average molecular weight is 246 g/mol. The van der Waals surface area contributed by atoms with Gasteiger partial charge in [-0.05, 0) is 19.4 Å². The van der Waals surface area contributed by atoms with Gasteiger partial charge in [0.2, 0.25) is 5.95 Å². The monoisotopic (exact) mass is 246 g/mol. The van der Waals surface area contributed by atoms with Gasteiger partial charge in [-0.1, -0.05) is 6.92 Å². The lowest BCUT2D eigenvalue weighted by atomic mass is 10.2. The van der Waals surface area contributed by atoms with E-state index in [4.69, 9.17) is 4.74 Å². The minimum atomic E-state index is -0.364. The van der Waals surface area contributed by atoms with E-state index in [0.29, 0.717) is 30.2 Å². The Kier molecular flexibility index (Phi) is 3.66. The van der Waals surface area contributed by atoms with Gasteiger partial charge in [-0.2, -0.15) is 5.10 Å². The quantitative estimate of drug-likeness (QED) is 0.763. The second-order valence-corrected chi connectivity index (χ2v) is 3.56. The number of carbonyl (C=O) groups is 1. The van der Waals surface area contributed by atoms with Crippen LogP contribution in [0.2, 0.25) is 0 Å². The molecule has 0 saturated heterocycles. The molecule has 0 radical (unpaired) electrons. The smallest absolute Gasteiger partial charge is 0.341 e. The number of rotatable bonds is 4. The van der Waals surface area contributed by atoms with Crippen molar-refractivity contribution in [2.45, 2.75) is 20.3 Å². The Bertz CT molecular complexity index is 536. The molecule has 0 amide bonds. The minimum Gasteiger partial charge on any atom is -0.462 e. The van der Waals surface area contributed by atoms with Crippen LogP contribution < -0.4 is 0 Å². The Morgan fingerprint density at radius 3 is 2.67 bits per heavy atom. The molecular weight excluding hydrogens is 232 g/mol. The second-order valence-electron chi connectivity index (χ2n) is 3.56. The molecule has 0 saturated carbocycles. The van der Waals surface area contributed by atoms with E-state index >= 15 is 0 Å². The van der Waals surface area contributed by atoms with Gasteiger partial charge in [-0.15, -0.1) is 0 Å². The molecule has 2 heterocycles. The van der Waals surface area contributed by atoms with Gasteiger partial charge in [0.25, 0.3) is 0 Å². The number of carbonyl (C=O) groups excluding carboxylic acids is 1. The van der Waals surface area contributed by atoms with Gasteiger partial charge >= 0.3 is 5.97 Å². The molecule has 0 fully saturated rings. The van der Waals surface area contributed by atoms with E-state index in [1.807, 2.05) is 6.92 Å². The lowest BCUT2D eigenvalue weighted by Gasteiger charge is -1.99. The lowest BCUT2D eigenvalue weighted by Crippen LogP contribution is -2.06. The van der Waals surface area contributed by atoms with Crippen LogP contribution in [0.25, 0.3) is 5.95 Å². The Hall–Kier alpha value is -2.24. The molecule has 18 heavy (non-hydrogen) atoms. The summed E-state index contributed by atoms with van der Waals surface area (Å²) < 4.78 is 6.48. The Labute approximate surface area is 105 Å². The first kappa shape index (κ1) is 12.2. The first-order valence-electron chi connectivity index (χ1n) is 5.79. The van der Waals surface area contributed by atoms with Crippen LogP contribution >= 0.6 is 0 Å². The van der Waals surface area contributed by atoms with Crippen molar-refractivity contribution in [3.63, 3.8) is 0 Å². The van der Waals surface area contributed by atoms with Crippen LogP contribution in [0.15, 0.2) is 24.7 Å². The van der Waals surface area contributed by atoms with E-state index < -0.39 is 0 Å². The first-order chi connectivity index (χ1) is 8.76. The minimum absolute atomic E-state index is 0.342. The summed E-state index contributed by atoms with van der Waals surface area (Å²) in [4.78, 5) is 19.9. The number of hydrogen-bond acceptors (Lipinski definition) is 5. The summed E-state index contributed by atoms with van der Waals surface area (Å²) in [5.41, 5.74) is 1.15. The standard InChI is InChI=1S/C12H14N4O2/c1-3-10-9(11(17)18-4-2)8-16(15-10)12-13-6-5-7-14-12/h5-8H,3-4H2,1-2H3. The van der Waals surface area contributed by atoms with Crippen LogP contribution in [0.4, 0.5) is 0 Å². The summed E-state index contributed by atoms with van der Waals surface area (Å²) in [6.45, 7) is 4.05. The van der Waals surface area contributed by atoms with Gasteiger partial charge in [0.1, 0.15) is 5.56 Å². The van der Waals surface area contributed by atoms with Crippen molar-refractivity contribution in [3.8, 4) is 5.95 Å². The van der Waals surface area contributed by atoms with Gasteiger partial charge in [0, 0.05) is 18.6 Å². The van der Waals surface area contributed by atoms with Crippen molar-refractivity contribution in [1.82, 2.24) is 19.7 Å². The second kappa shape index (κ2) is 5.39. The lowest BCUT2D eigenvalue weighted by molar-refractivity contribution is 0.0525. The van der Waals surface area contributed by atoms with E-state index in [2.05, 4.69) is 15.1 Å². The van der Waals surface area contributed by atoms with E-state index in [0.717, 1.165) is 0 Å². The molecule has 0 unspecified atom stereocenters. The molecule has 0 aliphatic carbocycles. The largest absolute Gasteiger partial charge is 0.462 e. The van der Waals surface area contributed by atoms with Crippen LogP contribution in [0.1, 0.15) is 29.9 Å². The molecule has 0 bridgehead atoms. The predicted molar refractivity (Wildman–Crippen MR) is 64.5 cm³/mol. The van der Waals surface area contributed by atoms with Crippen molar-refractivity contribution in [2.24, 2.45) is 0 Å². The maximum atomic E-state index is 11.8. The highest BCUT2D eigenvalue weighted by molar-refractivity contribution is 5.90. The fourth-order valence-electron chi connectivity index (χ4n) is 1.56. The molecule has 0 spiro atoms. The van der Waals surface area contributed by atoms with Gasteiger partial charge < -0.3 is 4.74 Å². The SMILES string of the molecule is CCOC(=O)c1cn(-c2ncccn2)nc1CC. The van der Waals surface area contributed by atoms with Gasteiger partial charge in [0.15, 0.2) is 0 Å². The summed E-state index contributed by atoms with van der Waals surface area (Å²) in [5, 5.41) is 4.29. The average Bonchev–Trinajstić information content (AvgIpc) is 2.84. The maximum absolute atomic E-state index is 11.8.